The van der Waals surface area contributed by atoms with Gasteiger partial charge >= 0.3 is 0 Å². The first-order valence-corrected chi connectivity index (χ1v) is 8.45. The maximum atomic E-state index is 3.72. The lowest BCUT2D eigenvalue weighted by Gasteiger charge is -2.57. The molecule has 0 amide bonds. The Hall–Kier alpha value is -0.500. The zero-order valence-electron chi connectivity index (χ0n) is 11.6. The molecule has 0 spiro atoms. The first kappa shape index (κ1) is 12.3. The maximum Gasteiger partial charge on any atom is 0.0482 e. The van der Waals surface area contributed by atoms with Crippen LogP contribution in [0.2, 0.25) is 0 Å². The quantitative estimate of drug-likeness (QED) is 0.812. The van der Waals surface area contributed by atoms with Crippen LogP contribution in [0.25, 0.3) is 0 Å². The predicted octanol–water partition coefficient (Wildman–Crippen LogP) is 4.96. The lowest BCUT2D eigenvalue weighted by molar-refractivity contribution is -0.00520. The van der Waals surface area contributed by atoms with Crippen LogP contribution in [0, 0.1) is 17.8 Å². The van der Waals surface area contributed by atoms with Crippen molar-refractivity contribution in [1.82, 2.24) is 0 Å². The van der Waals surface area contributed by atoms with Gasteiger partial charge in [-0.2, -0.15) is 0 Å². The zero-order chi connectivity index (χ0) is 13.0. The number of halogens is 1. The maximum absolute atomic E-state index is 3.72. The van der Waals surface area contributed by atoms with E-state index in [2.05, 4.69) is 39.4 Å². The van der Waals surface area contributed by atoms with Crippen molar-refractivity contribution in [3.8, 4) is 0 Å². The van der Waals surface area contributed by atoms with Crippen molar-refractivity contribution in [2.45, 2.75) is 43.9 Å². The Bertz CT molecular complexity index is 473. The molecular formula is C17H22BrN. The molecule has 2 heteroatoms. The van der Waals surface area contributed by atoms with Crippen LogP contribution in [0.1, 0.15) is 44.1 Å². The van der Waals surface area contributed by atoms with Gasteiger partial charge in [-0.3, -0.25) is 0 Å². The van der Waals surface area contributed by atoms with Crippen molar-refractivity contribution < 1.29 is 0 Å². The molecule has 19 heavy (non-hydrogen) atoms. The summed E-state index contributed by atoms with van der Waals surface area (Å²) in [5.74, 6) is 3.07. The standard InChI is InChI=1S/C17H22BrN/c1-19-16-3-2-14(7-15(16)18)17-8-11-4-12(9-17)6-13(5-11)10-17/h2-3,7,11-13,19H,4-6,8-10H2,1H3. The highest BCUT2D eigenvalue weighted by atomic mass is 79.9. The first-order valence-electron chi connectivity index (χ1n) is 7.66. The molecule has 4 aliphatic carbocycles. The average molecular weight is 320 g/mol. The highest BCUT2D eigenvalue weighted by Crippen LogP contribution is 2.60. The summed E-state index contributed by atoms with van der Waals surface area (Å²) >= 11 is 3.72. The van der Waals surface area contributed by atoms with Crippen molar-refractivity contribution in [3.63, 3.8) is 0 Å². The van der Waals surface area contributed by atoms with Crippen LogP contribution >= 0.6 is 15.9 Å². The van der Waals surface area contributed by atoms with Gasteiger partial charge in [0.25, 0.3) is 0 Å². The molecule has 1 aromatic carbocycles. The van der Waals surface area contributed by atoms with Gasteiger partial charge in [-0.15, -0.1) is 0 Å². The Morgan fingerprint density at radius 1 is 1.05 bits per heavy atom. The highest BCUT2D eigenvalue weighted by Gasteiger charge is 2.51. The lowest BCUT2D eigenvalue weighted by atomic mass is 9.48. The molecule has 1 nitrogen and oxygen atoms in total. The molecule has 0 atom stereocenters. The number of benzene rings is 1. The van der Waals surface area contributed by atoms with Crippen LogP contribution in [-0.2, 0) is 5.41 Å². The van der Waals surface area contributed by atoms with Gasteiger partial charge in [0, 0.05) is 17.2 Å². The van der Waals surface area contributed by atoms with Crippen molar-refractivity contribution in [2.75, 3.05) is 12.4 Å². The van der Waals surface area contributed by atoms with Crippen molar-refractivity contribution >= 4 is 21.6 Å². The number of rotatable bonds is 2. The Labute approximate surface area is 124 Å². The molecule has 0 aromatic heterocycles. The van der Waals surface area contributed by atoms with Gasteiger partial charge in [0.05, 0.1) is 0 Å². The molecule has 4 fully saturated rings. The molecular weight excluding hydrogens is 298 g/mol. The second kappa shape index (κ2) is 4.25. The van der Waals surface area contributed by atoms with E-state index < -0.39 is 0 Å². The molecule has 4 saturated carbocycles. The van der Waals surface area contributed by atoms with E-state index in [1.807, 2.05) is 7.05 Å². The summed E-state index contributed by atoms with van der Waals surface area (Å²) in [6.07, 6.45) is 8.91. The Morgan fingerprint density at radius 3 is 2.11 bits per heavy atom. The Morgan fingerprint density at radius 2 is 1.63 bits per heavy atom. The average Bonchev–Trinajstić information content (AvgIpc) is 2.37. The predicted molar refractivity (Wildman–Crippen MR) is 83.5 cm³/mol. The summed E-state index contributed by atoms with van der Waals surface area (Å²) in [7, 11) is 1.99. The molecule has 0 unspecified atom stereocenters. The second-order valence-corrected chi connectivity index (χ2v) is 8.00. The monoisotopic (exact) mass is 319 g/mol. The highest BCUT2D eigenvalue weighted by molar-refractivity contribution is 9.10. The summed E-state index contributed by atoms with van der Waals surface area (Å²) < 4.78 is 1.23. The summed E-state index contributed by atoms with van der Waals surface area (Å²) in [6.45, 7) is 0. The normalized spacial score (nSPS) is 39.6. The Balaban J connectivity index is 1.73. The molecule has 0 aliphatic heterocycles. The van der Waals surface area contributed by atoms with Gasteiger partial charge < -0.3 is 5.32 Å². The van der Waals surface area contributed by atoms with Crippen LogP contribution in [0.3, 0.4) is 0 Å². The van der Waals surface area contributed by atoms with E-state index in [0.29, 0.717) is 5.41 Å². The number of nitrogens with one attached hydrogen (secondary N) is 1. The minimum atomic E-state index is 0.517. The van der Waals surface area contributed by atoms with E-state index in [4.69, 9.17) is 0 Å². The van der Waals surface area contributed by atoms with Gasteiger partial charge in [-0.25, -0.2) is 0 Å². The van der Waals surface area contributed by atoms with Gasteiger partial charge in [-0.1, -0.05) is 6.07 Å². The molecule has 0 heterocycles. The molecule has 102 valence electrons. The molecule has 4 bridgehead atoms. The van der Waals surface area contributed by atoms with E-state index in [9.17, 15) is 0 Å². The van der Waals surface area contributed by atoms with E-state index in [-0.39, 0.29) is 0 Å². The minimum absolute atomic E-state index is 0.517. The number of hydrogen-bond acceptors (Lipinski definition) is 1. The van der Waals surface area contributed by atoms with Crippen molar-refractivity contribution in [3.05, 3.63) is 28.2 Å². The van der Waals surface area contributed by atoms with Gasteiger partial charge in [-0.05, 0) is 95.3 Å². The second-order valence-electron chi connectivity index (χ2n) is 7.14. The fourth-order valence-corrected chi connectivity index (χ4v) is 6.09. The molecule has 0 radical (unpaired) electrons. The molecule has 4 aliphatic rings. The van der Waals surface area contributed by atoms with E-state index in [0.717, 1.165) is 17.8 Å². The zero-order valence-corrected chi connectivity index (χ0v) is 13.2. The number of anilines is 1. The third kappa shape index (κ3) is 1.86. The van der Waals surface area contributed by atoms with Crippen LogP contribution in [-0.4, -0.2) is 7.05 Å². The molecule has 1 aromatic rings. The van der Waals surface area contributed by atoms with Gasteiger partial charge in [0.15, 0.2) is 0 Å². The molecule has 1 N–H and O–H groups in total. The first-order chi connectivity index (χ1) is 9.18. The fourth-order valence-electron chi connectivity index (χ4n) is 5.51. The van der Waals surface area contributed by atoms with Gasteiger partial charge in [0.1, 0.15) is 0 Å². The third-order valence-corrected chi connectivity index (χ3v) is 6.55. The summed E-state index contributed by atoms with van der Waals surface area (Å²) in [6, 6.07) is 7.01. The SMILES string of the molecule is CNc1ccc(C23CC4CC(CC(C4)C2)C3)cc1Br. The van der Waals surface area contributed by atoms with Crippen LogP contribution < -0.4 is 5.32 Å². The Kier molecular flexibility index (Phi) is 2.74. The molecule has 5 rings (SSSR count). The lowest BCUT2D eigenvalue weighted by Crippen LogP contribution is -2.48. The van der Waals surface area contributed by atoms with Crippen LogP contribution in [0.4, 0.5) is 5.69 Å². The topological polar surface area (TPSA) is 12.0 Å². The number of hydrogen-bond donors (Lipinski definition) is 1. The van der Waals surface area contributed by atoms with Crippen LogP contribution in [0.5, 0.6) is 0 Å². The van der Waals surface area contributed by atoms with E-state index in [1.165, 1.54) is 48.7 Å². The largest absolute Gasteiger partial charge is 0.387 e. The minimum Gasteiger partial charge on any atom is -0.387 e. The van der Waals surface area contributed by atoms with Crippen LogP contribution in [0.15, 0.2) is 22.7 Å². The van der Waals surface area contributed by atoms with E-state index >= 15 is 0 Å². The van der Waals surface area contributed by atoms with E-state index in [1.54, 1.807) is 5.56 Å². The summed E-state index contributed by atoms with van der Waals surface area (Å²) in [5.41, 5.74) is 3.31. The summed E-state index contributed by atoms with van der Waals surface area (Å²) in [5, 5.41) is 3.25. The third-order valence-electron chi connectivity index (χ3n) is 5.89. The smallest absolute Gasteiger partial charge is 0.0482 e. The molecule has 0 saturated heterocycles. The fraction of sp³-hybridized carbons (Fsp3) is 0.647. The van der Waals surface area contributed by atoms with Crippen molar-refractivity contribution in [1.29, 1.82) is 0 Å². The van der Waals surface area contributed by atoms with Gasteiger partial charge in [0.2, 0.25) is 0 Å². The van der Waals surface area contributed by atoms with Crippen molar-refractivity contribution in [2.24, 2.45) is 17.8 Å². The summed E-state index contributed by atoms with van der Waals surface area (Å²) in [4.78, 5) is 0.